The van der Waals surface area contributed by atoms with Crippen molar-refractivity contribution in [1.82, 2.24) is 0 Å². The Labute approximate surface area is 224 Å². The second-order valence-electron chi connectivity index (χ2n) is 6.89. The average molecular weight is 682 g/mol. The predicted octanol–water partition coefficient (Wildman–Crippen LogP) is 8.51. The van der Waals surface area contributed by atoms with Gasteiger partial charge in [-0.25, -0.2) is 0 Å². The number of rotatable bonds is 6. The molecule has 0 fully saturated rings. The number of hydrogen-bond donors (Lipinski definition) is 0. The van der Waals surface area contributed by atoms with Crippen LogP contribution in [0.25, 0.3) is 24.3 Å². The summed E-state index contributed by atoms with van der Waals surface area (Å²) < 4.78 is 2.32. The molecule has 0 aliphatic heterocycles. The molecule has 0 aromatic heterocycles. The van der Waals surface area contributed by atoms with Crippen molar-refractivity contribution in [2.75, 3.05) is 0 Å². The van der Waals surface area contributed by atoms with Gasteiger partial charge in [-0.15, -0.1) is 0 Å². The fraction of sp³-hybridized carbons (Fsp3) is 0.0769. The minimum atomic E-state index is 0.0863. The fourth-order valence-corrected chi connectivity index (χ4v) is 5.59. The maximum Gasteiger partial charge on any atom is 0.190 e. The maximum absolute atomic E-state index is 11.3. The summed E-state index contributed by atoms with van der Waals surface area (Å²) in [6.45, 7) is 3.16. The number of carbonyl (C=O) groups is 2. The van der Waals surface area contributed by atoms with E-state index in [4.69, 9.17) is 0 Å². The van der Waals surface area contributed by atoms with E-state index < -0.39 is 0 Å². The molecule has 0 aliphatic carbocycles. The zero-order chi connectivity index (χ0) is 23.1. The van der Waals surface area contributed by atoms with Gasteiger partial charge in [-0.05, 0) is 104 Å². The van der Waals surface area contributed by atoms with E-state index >= 15 is 0 Å². The van der Waals surface area contributed by atoms with E-state index in [-0.39, 0.29) is 10.2 Å². The van der Waals surface area contributed by atoms with Gasteiger partial charge in [-0.2, -0.15) is 0 Å². The fourth-order valence-electron chi connectivity index (χ4n) is 2.90. The van der Waals surface area contributed by atoms with Crippen LogP contribution in [0.4, 0.5) is 0 Å². The molecule has 0 saturated heterocycles. The van der Waals surface area contributed by atoms with Crippen molar-refractivity contribution in [3.63, 3.8) is 0 Å². The van der Waals surface area contributed by atoms with Crippen molar-refractivity contribution in [1.29, 1.82) is 0 Å². The van der Waals surface area contributed by atoms with Crippen LogP contribution in [0.15, 0.2) is 70.5 Å². The van der Waals surface area contributed by atoms with E-state index in [1.165, 1.54) is 23.5 Å². The average Bonchev–Trinajstić information content (AvgIpc) is 2.72. The van der Waals surface area contributed by atoms with E-state index in [9.17, 15) is 9.59 Å². The Hall–Kier alpha value is -1.36. The standard InChI is InChI=1S/C26H20I2O2S2/c1-17(29)31-23-7-3-5-19(13-23)9-11-21-15-26(28)22(16-25(21)27)12-10-20-6-4-8-24(14-20)32-18(2)30/h3-16H,1-2H3/b11-9+,12-10+. The summed E-state index contributed by atoms with van der Waals surface area (Å²) in [7, 11) is 0. The molecule has 3 rings (SSSR count). The van der Waals surface area contributed by atoms with Gasteiger partial charge < -0.3 is 0 Å². The van der Waals surface area contributed by atoms with Crippen molar-refractivity contribution in [3.05, 3.63) is 90.1 Å². The van der Waals surface area contributed by atoms with E-state index in [2.05, 4.69) is 81.6 Å². The summed E-state index contributed by atoms with van der Waals surface area (Å²) in [5.74, 6) is 0. The van der Waals surface area contributed by atoms with Crippen molar-refractivity contribution >= 4 is 103 Å². The highest BCUT2D eigenvalue weighted by molar-refractivity contribution is 14.1. The molecule has 0 heterocycles. The first-order valence-electron chi connectivity index (χ1n) is 9.72. The van der Waals surface area contributed by atoms with Gasteiger partial charge in [-0.1, -0.05) is 72.1 Å². The Morgan fingerprint density at radius 2 is 1.06 bits per heavy atom. The van der Waals surface area contributed by atoms with E-state index in [1.54, 1.807) is 13.8 Å². The summed E-state index contributed by atoms with van der Waals surface area (Å²) in [5.41, 5.74) is 4.43. The molecular formula is C26H20I2O2S2. The van der Waals surface area contributed by atoms with Gasteiger partial charge in [-0.3, -0.25) is 9.59 Å². The minimum absolute atomic E-state index is 0.0863. The van der Waals surface area contributed by atoms with Gasteiger partial charge in [0, 0.05) is 30.8 Å². The molecule has 32 heavy (non-hydrogen) atoms. The Morgan fingerprint density at radius 1 is 0.656 bits per heavy atom. The zero-order valence-electron chi connectivity index (χ0n) is 17.5. The molecule has 2 nitrogen and oxygen atoms in total. The Bertz CT molecular complexity index is 1120. The summed E-state index contributed by atoms with van der Waals surface area (Å²) in [6.07, 6.45) is 8.37. The third-order valence-corrected chi connectivity index (χ3v) is 7.69. The molecule has 0 atom stereocenters. The monoisotopic (exact) mass is 682 g/mol. The summed E-state index contributed by atoms with van der Waals surface area (Å²) in [4.78, 5) is 24.6. The molecule has 0 spiro atoms. The van der Waals surface area contributed by atoms with Crippen LogP contribution in [0.5, 0.6) is 0 Å². The number of benzene rings is 3. The van der Waals surface area contributed by atoms with E-state index in [0.29, 0.717) is 0 Å². The lowest BCUT2D eigenvalue weighted by atomic mass is 10.1. The molecule has 0 aliphatic rings. The highest BCUT2D eigenvalue weighted by Crippen LogP contribution is 2.26. The lowest BCUT2D eigenvalue weighted by molar-refractivity contribution is -0.109. The minimum Gasteiger partial charge on any atom is -0.287 e. The first kappa shape index (κ1) is 25.3. The van der Waals surface area contributed by atoms with Crippen molar-refractivity contribution < 1.29 is 9.59 Å². The summed E-state index contributed by atoms with van der Waals surface area (Å²) in [6, 6.07) is 20.3. The molecule has 3 aromatic rings. The van der Waals surface area contributed by atoms with E-state index in [1.807, 2.05) is 48.5 Å². The first-order valence-corrected chi connectivity index (χ1v) is 13.5. The first-order chi connectivity index (χ1) is 15.3. The van der Waals surface area contributed by atoms with Crippen LogP contribution in [0.1, 0.15) is 36.1 Å². The smallest absolute Gasteiger partial charge is 0.190 e. The number of halogens is 2. The summed E-state index contributed by atoms with van der Waals surface area (Å²) >= 11 is 7.22. The molecule has 0 radical (unpaired) electrons. The van der Waals surface area contributed by atoms with Crippen LogP contribution >= 0.6 is 68.7 Å². The second-order valence-corrected chi connectivity index (χ2v) is 11.7. The van der Waals surface area contributed by atoms with Crippen LogP contribution in [0.2, 0.25) is 0 Å². The van der Waals surface area contributed by atoms with Gasteiger partial charge in [0.05, 0.1) is 0 Å². The van der Waals surface area contributed by atoms with E-state index in [0.717, 1.165) is 39.2 Å². The highest BCUT2D eigenvalue weighted by Gasteiger charge is 2.04. The van der Waals surface area contributed by atoms with Crippen molar-refractivity contribution in [2.45, 2.75) is 23.6 Å². The highest BCUT2D eigenvalue weighted by atomic mass is 127. The van der Waals surface area contributed by atoms with Gasteiger partial charge >= 0.3 is 0 Å². The van der Waals surface area contributed by atoms with Gasteiger partial charge in [0.1, 0.15) is 0 Å². The van der Waals surface area contributed by atoms with Crippen LogP contribution < -0.4 is 0 Å². The molecule has 3 aromatic carbocycles. The predicted molar refractivity (Wildman–Crippen MR) is 156 cm³/mol. The van der Waals surface area contributed by atoms with Gasteiger partial charge in [0.15, 0.2) is 10.2 Å². The Kier molecular flexibility index (Phi) is 9.63. The lowest BCUT2D eigenvalue weighted by Gasteiger charge is -2.06. The largest absolute Gasteiger partial charge is 0.287 e. The Morgan fingerprint density at radius 3 is 1.44 bits per heavy atom. The van der Waals surface area contributed by atoms with Crippen LogP contribution in [-0.4, -0.2) is 10.2 Å². The SMILES string of the molecule is CC(=O)Sc1cccc(/C=C/c2cc(I)c(/C=C/c3cccc(SC(C)=O)c3)cc2I)c1. The molecule has 6 heteroatoms. The van der Waals surface area contributed by atoms with Gasteiger partial charge in [0.25, 0.3) is 0 Å². The Balaban J connectivity index is 1.78. The zero-order valence-corrected chi connectivity index (χ0v) is 23.4. The second kappa shape index (κ2) is 12.2. The maximum atomic E-state index is 11.3. The quantitative estimate of drug-likeness (QED) is 0.148. The van der Waals surface area contributed by atoms with Crippen molar-refractivity contribution in [2.24, 2.45) is 0 Å². The van der Waals surface area contributed by atoms with Gasteiger partial charge in [0.2, 0.25) is 0 Å². The topological polar surface area (TPSA) is 34.1 Å². The number of carbonyl (C=O) groups excluding carboxylic acids is 2. The molecule has 0 N–H and O–H groups in total. The summed E-state index contributed by atoms with van der Waals surface area (Å²) in [5, 5.41) is 0.173. The van der Waals surface area contributed by atoms with Crippen LogP contribution in [0.3, 0.4) is 0 Å². The molecule has 0 unspecified atom stereocenters. The molecule has 0 saturated carbocycles. The molecule has 0 amide bonds. The molecule has 0 bridgehead atoms. The number of thioether (sulfide) groups is 2. The normalized spacial score (nSPS) is 11.4. The molecule has 162 valence electrons. The number of hydrogen-bond acceptors (Lipinski definition) is 4. The van der Waals surface area contributed by atoms with Crippen LogP contribution in [-0.2, 0) is 9.59 Å². The molecular weight excluding hydrogens is 662 g/mol. The van der Waals surface area contributed by atoms with Crippen LogP contribution in [0, 0.1) is 7.14 Å². The lowest BCUT2D eigenvalue weighted by Crippen LogP contribution is -1.88. The third kappa shape index (κ3) is 7.90. The third-order valence-electron chi connectivity index (χ3n) is 4.27. The van der Waals surface area contributed by atoms with Crippen molar-refractivity contribution in [3.8, 4) is 0 Å².